The van der Waals surface area contributed by atoms with Crippen LogP contribution in [-0.2, 0) is 15.0 Å². The zero-order valence-corrected chi connectivity index (χ0v) is 24.9. The number of aliphatic hydroxyl groups excluding tert-OH is 1. The molecule has 0 unspecified atom stereocenters. The number of benzene rings is 1. The first kappa shape index (κ1) is 28.8. The zero-order chi connectivity index (χ0) is 29.2. The second kappa shape index (κ2) is 10.5. The van der Waals surface area contributed by atoms with Crippen LogP contribution in [0.15, 0.2) is 30.3 Å². The van der Waals surface area contributed by atoms with Gasteiger partial charge in [-0.2, -0.15) is 0 Å². The Hall–Kier alpha value is -2.26. The van der Waals surface area contributed by atoms with Crippen molar-refractivity contribution in [2.24, 2.45) is 11.3 Å². The van der Waals surface area contributed by atoms with E-state index in [1.165, 1.54) is 6.07 Å². The van der Waals surface area contributed by atoms with Gasteiger partial charge in [0.05, 0.1) is 11.1 Å². The summed E-state index contributed by atoms with van der Waals surface area (Å²) in [7, 11) is 0. The van der Waals surface area contributed by atoms with Crippen molar-refractivity contribution in [2.45, 2.75) is 94.2 Å². The maximum Gasteiger partial charge on any atom is 0.238 e. The summed E-state index contributed by atoms with van der Waals surface area (Å²) in [6.07, 6.45) is 6.09. The van der Waals surface area contributed by atoms with Crippen LogP contribution in [0.25, 0.3) is 0 Å². The molecular formula is C31H37Cl2FN4O3. The lowest BCUT2D eigenvalue weighted by molar-refractivity contribution is -0.125. The van der Waals surface area contributed by atoms with Crippen molar-refractivity contribution < 1.29 is 19.1 Å². The number of carbonyl (C=O) groups is 2. The van der Waals surface area contributed by atoms with Gasteiger partial charge in [0.1, 0.15) is 22.2 Å². The minimum atomic E-state index is -1.32. The molecule has 2 aromatic rings. The Morgan fingerprint density at radius 3 is 2.49 bits per heavy atom. The van der Waals surface area contributed by atoms with Crippen LogP contribution in [0.4, 0.5) is 10.2 Å². The monoisotopic (exact) mass is 602 g/mol. The van der Waals surface area contributed by atoms with Gasteiger partial charge in [0.25, 0.3) is 0 Å². The summed E-state index contributed by atoms with van der Waals surface area (Å²) in [4.78, 5) is 33.2. The van der Waals surface area contributed by atoms with Crippen molar-refractivity contribution in [1.29, 1.82) is 0 Å². The number of nitrogens with zero attached hydrogens (tertiary/aromatic N) is 1. The third-order valence-corrected chi connectivity index (χ3v) is 10.9. The lowest BCUT2D eigenvalue weighted by Gasteiger charge is -2.50. The van der Waals surface area contributed by atoms with E-state index in [9.17, 15) is 14.7 Å². The Morgan fingerprint density at radius 2 is 1.80 bits per heavy atom. The van der Waals surface area contributed by atoms with Crippen LogP contribution >= 0.6 is 23.2 Å². The van der Waals surface area contributed by atoms with Gasteiger partial charge in [-0.1, -0.05) is 55.2 Å². The van der Waals surface area contributed by atoms with Crippen LogP contribution in [0.2, 0.25) is 10.2 Å². The molecule has 7 nitrogen and oxygen atoms in total. The molecule has 41 heavy (non-hydrogen) atoms. The fraction of sp³-hybridized carbons (Fsp3) is 0.581. The van der Waals surface area contributed by atoms with E-state index in [0.29, 0.717) is 24.2 Å². The zero-order valence-electron chi connectivity index (χ0n) is 23.4. The highest BCUT2D eigenvalue weighted by Gasteiger charge is 2.73. The Bertz CT molecular complexity index is 1370. The number of rotatable bonds is 4. The summed E-state index contributed by atoms with van der Waals surface area (Å²) in [6, 6.07) is 7.30. The molecule has 4 aliphatic rings. The number of nitrogens with one attached hydrogen (secondary N) is 3. The second-order valence-electron chi connectivity index (χ2n) is 13.2. The van der Waals surface area contributed by atoms with Gasteiger partial charge in [-0.25, -0.2) is 9.37 Å². The molecule has 4 N–H and O–H groups in total. The van der Waals surface area contributed by atoms with E-state index >= 15 is 4.39 Å². The average Bonchev–Trinajstić information content (AvgIpc) is 3.40. The molecular weight excluding hydrogens is 566 g/mol. The van der Waals surface area contributed by atoms with Crippen LogP contribution in [0.5, 0.6) is 0 Å². The molecule has 3 atom stereocenters. The average molecular weight is 604 g/mol. The molecule has 2 aliphatic heterocycles. The summed E-state index contributed by atoms with van der Waals surface area (Å²) >= 11 is 12.6. The van der Waals surface area contributed by atoms with Gasteiger partial charge in [-0.05, 0) is 80.4 Å². The first-order valence-corrected chi connectivity index (χ1v) is 15.4. The van der Waals surface area contributed by atoms with Gasteiger partial charge in [0.15, 0.2) is 0 Å². The molecule has 3 fully saturated rings. The highest BCUT2D eigenvalue weighted by molar-refractivity contribution is 6.31. The predicted octanol–water partition coefficient (Wildman–Crippen LogP) is 5.48. The van der Waals surface area contributed by atoms with Crippen LogP contribution in [0.3, 0.4) is 0 Å². The van der Waals surface area contributed by atoms with E-state index in [4.69, 9.17) is 23.2 Å². The van der Waals surface area contributed by atoms with Gasteiger partial charge in [0.2, 0.25) is 11.8 Å². The summed E-state index contributed by atoms with van der Waals surface area (Å²) in [5.74, 6) is -1.48. The van der Waals surface area contributed by atoms with E-state index in [-0.39, 0.29) is 51.5 Å². The molecule has 0 radical (unpaired) electrons. The van der Waals surface area contributed by atoms with Crippen molar-refractivity contribution >= 4 is 40.8 Å². The van der Waals surface area contributed by atoms with Gasteiger partial charge in [-0.15, -0.1) is 0 Å². The maximum atomic E-state index is 16.0. The summed E-state index contributed by atoms with van der Waals surface area (Å²) < 4.78 is 16.0. The number of pyridine rings is 1. The van der Waals surface area contributed by atoms with Gasteiger partial charge in [-0.3, -0.25) is 14.9 Å². The third kappa shape index (κ3) is 4.57. The molecule has 220 valence electrons. The van der Waals surface area contributed by atoms with E-state index < -0.39 is 28.7 Å². The smallest absolute Gasteiger partial charge is 0.238 e. The molecule has 0 bridgehead atoms. The molecule has 6 rings (SSSR count). The van der Waals surface area contributed by atoms with Crippen LogP contribution in [-0.4, -0.2) is 46.1 Å². The SMILES string of the molecule is CC1(C)CCC2(CC1)N[C@@H](C(=O)N[C@H]1CC[C@H](CO)CC1)[C@H](c1cccc(Cl)c1F)[C@]21C(=O)Nc2nc(Cl)ccc21. The molecule has 10 heteroatoms. The van der Waals surface area contributed by atoms with Crippen LogP contribution < -0.4 is 16.0 Å². The first-order chi connectivity index (χ1) is 19.5. The van der Waals surface area contributed by atoms with Crippen molar-refractivity contribution in [3.8, 4) is 0 Å². The normalized spacial score (nSPS) is 31.7. The van der Waals surface area contributed by atoms with Gasteiger partial charge < -0.3 is 15.7 Å². The van der Waals surface area contributed by atoms with Crippen molar-refractivity contribution in [3.63, 3.8) is 0 Å². The van der Waals surface area contributed by atoms with E-state index in [1.54, 1.807) is 24.3 Å². The summed E-state index contributed by atoms with van der Waals surface area (Å²) in [5.41, 5.74) is -1.23. The first-order valence-electron chi connectivity index (χ1n) is 14.6. The largest absolute Gasteiger partial charge is 0.396 e. The van der Waals surface area contributed by atoms with Gasteiger partial charge in [0, 0.05) is 29.7 Å². The Balaban J connectivity index is 1.51. The second-order valence-corrected chi connectivity index (χ2v) is 14.0. The number of carbonyl (C=O) groups excluding carboxylic acids is 2. The summed E-state index contributed by atoms with van der Waals surface area (Å²) in [5, 5.41) is 19.6. The minimum Gasteiger partial charge on any atom is -0.396 e. The molecule has 2 spiro atoms. The number of hydrogen-bond acceptors (Lipinski definition) is 5. The number of halogens is 3. The molecule has 2 aliphatic carbocycles. The topological polar surface area (TPSA) is 103 Å². The van der Waals surface area contributed by atoms with Crippen LogP contribution in [0.1, 0.15) is 82.3 Å². The highest BCUT2D eigenvalue weighted by atomic mass is 35.5. The maximum absolute atomic E-state index is 16.0. The number of fused-ring (bicyclic) bond motifs is 3. The van der Waals surface area contributed by atoms with Crippen molar-refractivity contribution in [3.05, 3.63) is 57.5 Å². The number of aliphatic hydroxyl groups is 1. The van der Waals surface area contributed by atoms with Gasteiger partial charge >= 0.3 is 0 Å². The van der Waals surface area contributed by atoms with Crippen molar-refractivity contribution in [2.75, 3.05) is 11.9 Å². The van der Waals surface area contributed by atoms with E-state index in [0.717, 1.165) is 38.5 Å². The third-order valence-electron chi connectivity index (χ3n) is 10.4. The number of aromatic nitrogens is 1. The Morgan fingerprint density at radius 1 is 1.10 bits per heavy atom. The van der Waals surface area contributed by atoms with Crippen molar-refractivity contribution in [1.82, 2.24) is 15.6 Å². The lowest BCUT2D eigenvalue weighted by Crippen LogP contribution is -2.61. The Labute approximate surface area is 250 Å². The van der Waals surface area contributed by atoms with Crippen LogP contribution in [0, 0.1) is 17.2 Å². The molecule has 2 amide bonds. The molecule has 2 saturated carbocycles. The summed E-state index contributed by atoms with van der Waals surface area (Å²) in [6.45, 7) is 4.58. The number of amides is 2. The molecule has 1 aromatic carbocycles. The predicted molar refractivity (Wildman–Crippen MR) is 157 cm³/mol. The number of anilines is 1. The quantitative estimate of drug-likeness (QED) is 0.347. The molecule has 1 aromatic heterocycles. The highest BCUT2D eigenvalue weighted by Crippen LogP contribution is 2.63. The Kier molecular flexibility index (Phi) is 7.37. The standard InChI is InChI=1S/C31H37Cl2FN4O3/c1-29(2)12-14-30(15-13-29)31(20-10-11-22(33)36-26(20)37-28(31)41)23(19-4-3-5-21(32)24(19)34)25(38-30)27(40)35-18-8-6-17(16-39)7-9-18/h3-5,10-11,17-18,23,25,38-39H,6-9,12-16H2,1-2H3,(H,35,40)(H,36,37,41)/t17-,18-,23-,25+,31+/m0/s1. The van der Waals surface area contributed by atoms with E-state index in [2.05, 4.69) is 34.8 Å². The molecule has 3 heterocycles. The fourth-order valence-corrected chi connectivity index (χ4v) is 8.40. The number of hydrogen-bond donors (Lipinski definition) is 4. The molecule has 1 saturated heterocycles. The van der Waals surface area contributed by atoms with E-state index in [1.807, 2.05) is 0 Å². The minimum absolute atomic E-state index is 0.0556. The fourth-order valence-electron chi connectivity index (χ4n) is 8.07. The lowest BCUT2D eigenvalue weighted by atomic mass is 9.53.